The number of carbonyl (C=O) groups is 1. The molecule has 6 heteroatoms. The summed E-state index contributed by atoms with van der Waals surface area (Å²) in [4.78, 5) is 16.9. The third-order valence-corrected chi connectivity index (χ3v) is 5.07. The minimum absolute atomic E-state index is 0.0634. The molecule has 2 aromatic rings. The summed E-state index contributed by atoms with van der Waals surface area (Å²) in [5.41, 5.74) is 2.41. The van der Waals surface area contributed by atoms with Crippen molar-refractivity contribution in [1.29, 1.82) is 0 Å². The number of carbonyl (C=O) groups excluding carboxylic acids is 1. The Balaban J connectivity index is 1.53. The van der Waals surface area contributed by atoms with Crippen molar-refractivity contribution in [2.75, 3.05) is 44.2 Å². The molecular formula is C22H27FN2O3. The van der Waals surface area contributed by atoms with Gasteiger partial charge in [-0.25, -0.2) is 4.39 Å². The highest BCUT2D eigenvalue weighted by Crippen LogP contribution is 2.25. The van der Waals surface area contributed by atoms with E-state index in [9.17, 15) is 14.3 Å². The molecule has 0 saturated carbocycles. The molecule has 0 aliphatic carbocycles. The Kier molecular flexibility index (Phi) is 7.01. The van der Waals surface area contributed by atoms with Gasteiger partial charge in [-0.1, -0.05) is 13.0 Å². The van der Waals surface area contributed by atoms with Crippen LogP contribution in [0.2, 0.25) is 0 Å². The van der Waals surface area contributed by atoms with E-state index in [0.717, 1.165) is 44.0 Å². The van der Waals surface area contributed by atoms with Crippen LogP contribution in [0.5, 0.6) is 5.75 Å². The maximum absolute atomic E-state index is 12.9. The van der Waals surface area contributed by atoms with E-state index >= 15 is 0 Å². The minimum Gasteiger partial charge on any atom is -0.492 e. The van der Waals surface area contributed by atoms with Crippen molar-refractivity contribution in [2.24, 2.45) is 0 Å². The quantitative estimate of drug-likeness (QED) is 0.707. The SMILES string of the molecule is CCC(=O)c1cc(CO)ccc1N1CCN(CCOc2ccc(F)cc2)CC1. The topological polar surface area (TPSA) is 53.0 Å². The molecular weight excluding hydrogens is 359 g/mol. The van der Waals surface area contributed by atoms with Crippen molar-refractivity contribution in [3.63, 3.8) is 0 Å². The molecule has 5 nitrogen and oxygen atoms in total. The third-order valence-electron chi connectivity index (χ3n) is 5.07. The number of halogens is 1. The van der Waals surface area contributed by atoms with Crippen molar-refractivity contribution in [2.45, 2.75) is 20.0 Å². The lowest BCUT2D eigenvalue weighted by molar-refractivity contribution is 0.0988. The first kappa shape index (κ1) is 20.3. The van der Waals surface area contributed by atoms with Crippen LogP contribution in [0.15, 0.2) is 42.5 Å². The van der Waals surface area contributed by atoms with Gasteiger partial charge in [0.15, 0.2) is 5.78 Å². The lowest BCUT2D eigenvalue weighted by Gasteiger charge is -2.36. The van der Waals surface area contributed by atoms with E-state index in [-0.39, 0.29) is 18.2 Å². The molecule has 2 aromatic carbocycles. The Morgan fingerprint density at radius 3 is 2.46 bits per heavy atom. The van der Waals surface area contributed by atoms with E-state index < -0.39 is 0 Å². The molecule has 150 valence electrons. The van der Waals surface area contributed by atoms with E-state index in [4.69, 9.17) is 4.74 Å². The van der Waals surface area contributed by atoms with Gasteiger partial charge < -0.3 is 14.7 Å². The van der Waals surface area contributed by atoms with Crippen LogP contribution in [-0.4, -0.2) is 55.1 Å². The van der Waals surface area contributed by atoms with E-state index in [1.54, 1.807) is 12.1 Å². The van der Waals surface area contributed by atoms with Gasteiger partial charge in [0.05, 0.1) is 6.61 Å². The average molecular weight is 386 g/mol. The van der Waals surface area contributed by atoms with Crippen LogP contribution in [-0.2, 0) is 6.61 Å². The summed E-state index contributed by atoms with van der Waals surface area (Å²) in [5, 5.41) is 9.37. The molecule has 1 saturated heterocycles. The normalized spacial score (nSPS) is 14.9. The summed E-state index contributed by atoms with van der Waals surface area (Å²) in [6.45, 7) is 6.58. The Labute approximate surface area is 165 Å². The number of aliphatic hydroxyl groups is 1. The number of ether oxygens (including phenoxy) is 1. The second kappa shape index (κ2) is 9.66. The standard InChI is InChI=1S/C22H27FN2O3/c1-2-22(27)20-15-17(16-26)3-8-21(20)25-11-9-24(10-12-25)13-14-28-19-6-4-18(23)5-7-19/h3-8,15,26H,2,9-14,16H2,1H3. The van der Waals surface area contributed by atoms with Crippen molar-refractivity contribution in [3.05, 3.63) is 59.4 Å². The molecule has 0 aromatic heterocycles. The molecule has 0 radical (unpaired) electrons. The number of hydrogen-bond acceptors (Lipinski definition) is 5. The highest BCUT2D eigenvalue weighted by atomic mass is 19.1. The van der Waals surface area contributed by atoms with Gasteiger partial charge in [-0.3, -0.25) is 9.69 Å². The summed E-state index contributed by atoms with van der Waals surface area (Å²) < 4.78 is 18.6. The Hall–Kier alpha value is -2.44. The zero-order valence-electron chi connectivity index (χ0n) is 16.2. The second-order valence-corrected chi connectivity index (χ2v) is 6.92. The first-order valence-electron chi connectivity index (χ1n) is 9.73. The van der Waals surface area contributed by atoms with Gasteiger partial charge >= 0.3 is 0 Å². The Morgan fingerprint density at radius 2 is 1.82 bits per heavy atom. The predicted molar refractivity (Wildman–Crippen MR) is 108 cm³/mol. The van der Waals surface area contributed by atoms with Crippen molar-refractivity contribution < 1.29 is 19.0 Å². The molecule has 1 fully saturated rings. The molecule has 1 aliphatic heterocycles. The number of rotatable bonds is 8. The van der Waals surface area contributed by atoms with E-state index in [1.165, 1.54) is 12.1 Å². The number of ketones is 1. The van der Waals surface area contributed by atoms with Crippen molar-refractivity contribution >= 4 is 11.5 Å². The van der Waals surface area contributed by atoms with Gasteiger partial charge in [0.1, 0.15) is 18.2 Å². The molecule has 0 spiro atoms. The molecule has 0 atom stereocenters. The highest BCUT2D eigenvalue weighted by Gasteiger charge is 2.21. The Bertz CT molecular complexity index is 787. The summed E-state index contributed by atoms with van der Waals surface area (Å²) in [5.74, 6) is 0.503. The minimum atomic E-state index is -0.267. The number of Topliss-reactive ketones (excluding diaryl/α,β-unsaturated/α-hetero) is 1. The van der Waals surface area contributed by atoms with Gasteiger partial charge in [-0.2, -0.15) is 0 Å². The predicted octanol–water partition coefficient (Wildman–Crippen LogP) is 3.11. The van der Waals surface area contributed by atoms with Crippen LogP contribution in [0.4, 0.5) is 10.1 Å². The van der Waals surface area contributed by atoms with Gasteiger partial charge in [0.2, 0.25) is 0 Å². The lowest BCUT2D eigenvalue weighted by atomic mass is 10.0. The maximum atomic E-state index is 12.9. The van der Waals surface area contributed by atoms with Gasteiger partial charge in [0.25, 0.3) is 0 Å². The Morgan fingerprint density at radius 1 is 1.11 bits per heavy atom. The first-order chi connectivity index (χ1) is 13.6. The number of anilines is 1. The van der Waals surface area contributed by atoms with Crippen LogP contribution >= 0.6 is 0 Å². The van der Waals surface area contributed by atoms with Crippen LogP contribution in [0, 0.1) is 5.82 Å². The molecule has 0 bridgehead atoms. The van der Waals surface area contributed by atoms with Crippen molar-refractivity contribution in [3.8, 4) is 5.75 Å². The number of aliphatic hydroxyl groups excluding tert-OH is 1. The number of nitrogens with zero attached hydrogens (tertiary/aromatic N) is 2. The summed E-state index contributed by atoms with van der Waals surface area (Å²) in [6.07, 6.45) is 0.447. The number of piperazine rings is 1. The van der Waals surface area contributed by atoms with E-state index in [1.807, 2.05) is 25.1 Å². The fourth-order valence-corrected chi connectivity index (χ4v) is 3.41. The lowest BCUT2D eigenvalue weighted by Crippen LogP contribution is -2.47. The monoisotopic (exact) mass is 386 g/mol. The smallest absolute Gasteiger partial charge is 0.164 e. The average Bonchev–Trinajstić information content (AvgIpc) is 2.74. The van der Waals surface area contributed by atoms with Crippen LogP contribution in [0.25, 0.3) is 0 Å². The van der Waals surface area contributed by atoms with Crippen LogP contribution in [0.1, 0.15) is 29.3 Å². The molecule has 28 heavy (non-hydrogen) atoms. The fraction of sp³-hybridized carbons (Fsp3) is 0.409. The number of benzene rings is 2. The number of hydrogen-bond donors (Lipinski definition) is 1. The molecule has 3 rings (SSSR count). The first-order valence-corrected chi connectivity index (χ1v) is 9.73. The van der Waals surface area contributed by atoms with E-state index in [0.29, 0.717) is 24.3 Å². The summed E-state index contributed by atoms with van der Waals surface area (Å²) >= 11 is 0. The highest BCUT2D eigenvalue weighted by molar-refractivity contribution is 6.01. The summed E-state index contributed by atoms with van der Waals surface area (Å²) in [6, 6.07) is 11.7. The maximum Gasteiger partial charge on any atom is 0.164 e. The van der Waals surface area contributed by atoms with Crippen molar-refractivity contribution in [1.82, 2.24) is 4.90 Å². The van der Waals surface area contributed by atoms with Gasteiger partial charge in [-0.15, -0.1) is 0 Å². The van der Waals surface area contributed by atoms with Crippen LogP contribution in [0.3, 0.4) is 0 Å². The third kappa shape index (κ3) is 5.09. The zero-order valence-corrected chi connectivity index (χ0v) is 16.2. The molecule has 1 N–H and O–H groups in total. The molecule has 1 aliphatic rings. The summed E-state index contributed by atoms with van der Waals surface area (Å²) in [7, 11) is 0. The molecule has 0 amide bonds. The van der Waals surface area contributed by atoms with Gasteiger partial charge in [-0.05, 0) is 42.0 Å². The largest absolute Gasteiger partial charge is 0.492 e. The molecule has 0 unspecified atom stereocenters. The zero-order chi connectivity index (χ0) is 19.9. The fourth-order valence-electron chi connectivity index (χ4n) is 3.41. The van der Waals surface area contributed by atoms with E-state index in [2.05, 4.69) is 9.80 Å². The van der Waals surface area contributed by atoms with Crippen LogP contribution < -0.4 is 9.64 Å². The molecule has 1 heterocycles. The second-order valence-electron chi connectivity index (χ2n) is 6.92. The van der Waals surface area contributed by atoms with Gasteiger partial charge in [0, 0.05) is 50.4 Å².